The highest BCUT2D eigenvalue weighted by molar-refractivity contribution is 9.12. The van der Waals surface area contributed by atoms with Crippen LogP contribution in [-0.4, -0.2) is 22.1 Å². The van der Waals surface area contributed by atoms with Crippen molar-refractivity contribution in [1.29, 1.82) is 0 Å². The topological polar surface area (TPSA) is 67.2 Å². The Bertz CT molecular complexity index is 626. The van der Waals surface area contributed by atoms with Crippen LogP contribution in [0.25, 0.3) is 6.08 Å². The Morgan fingerprint density at radius 1 is 1.25 bits per heavy atom. The second-order valence-corrected chi connectivity index (χ2v) is 4.65. The molecule has 0 radical (unpaired) electrons. The predicted octanol–water partition coefficient (Wildman–Crippen LogP) is 2.63. The van der Waals surface area contributed by atoms with Crippen molar-refractivity contribution in [2.75, 3.05) is 0 Å². The predicted molar refractivity (Wildman–Crippen MR) is 81.3 cm³/mol. The number of hydrazone groups is 1. The van der Waals surface area contributed by atoms with Gasteiger partial charge in [-0.1, -0.05) is 30.3 Å². The van der Waals surface area contributed by atoms with Crippen LogP contribution in [0.3, 0.4) is 0 Å². The van der Waals surface area contributed by atoms with Gasteiger partial charge in [-0.25, -0.2) is 10.4 Å². The van der Waals surface area contributed by atoms with Gasteiger partial charge in [0.15, 0.2) is 0 Å². The second kappa shape index (κ2) is 7.30. The van der Waals surface area contributed by atoms with Crippen molar-refractivity contribution < 1.29 is 4.79 Å². The summed E-state index contributed by atoms with van der Waals surface area (Å²) in [5.74, 6) is -0.408. The van der Waals surface area contributed by atoms with Crippen LogP contribution >= 0.6 is 15.9 Å². The third-order valence-electron chi connectivity index (χ3n) is 2.25. The van der Waals surface area contributed by atoms with Gasteiger partial charge in [0.25, 0.3) is 5.91 Å². The van der Waals surface area contributed by atoms with E-state index in [1.165, 1.54) is 24.8 Å². The molecule has 20 heavy (non-hydrogen) atoms. The summed E-state index contributed by atoms with van der Waals surface area (Å²) in [4.78, 5) is 19.3. The van der Waals surface area contributed by atoms with Crippen molar-refractivity contribution in [3.63, 3.8) is 0 Å². The molecule has 2 rings (SSSR count). The fourth-order valence-corrected chi connectivity index (χ4v) is 1.74. The number of rotatable bonds is 4. The van der Waals surface area contributed by atoms with Gasteiger partial charge in [-0.3, -0.25) is 9.78 Å². The molecule has 1 amide bonds. The molecular weight excluding hydrogens is 320 g/mol. The van der Waals surface area contributed by atoms with Crippen LogP contribution in [0, 0.1) is 0 Å². The third kappa shape index (κ3) is 4.40. The molecule has 6 heteroatoms. The van der Waals surface area contributed by atoms with E-state index in [9.17, 15) is 4.79 Å². The first-order valence-electron chi connectivity index (χ1n) is 5.77. The Morgan fingerprint density at radius 2 is 2.05 bits per heavy atom. The average molecular weight is 331 g/mol. The number of halogens is 1. The molecule has 0 fully saturated rings. The monoisotopic (exact) mass is 330 g/mol. The minimum absolute atomic E-state index is 0.216. The van der Waals surface area contributed by atoms with Crippen LogP contribution < -0.4 is 5.43 Å². The van der Waals surface area contributed by atoms with E-state index in [-0.39, 0.29) is 5.69 Å². The van der Waals surface area contributed by atoms with Gasteiger partial charge in [0.05, 0.1) is 12.4 Å². The quantitative estimate of drug-likeness (QED) is 0.692. The van der Waals surface area contributed by atoms with Gasteiger partial charge < -0.3 is 0 Å². The Hall–Kier alpha value is -2.34. The molecule has 0 saturated heterocycles. The van der Waals surface area contributed by atoms with Gasteiger partial charge in [-0.2, -0.15) is 5.10 Å². The molecule has 0 bridgehead atoms. The summed E-state index contributed by atoms with van der Waals surface area (Å²) in [5.41, 5.74) is 3.62. The van der Waals surface area contributed by atoms with Gasteiger partial charge in [0.2, 0.25) is 0 Å². The number of hydrogen-bond donors (Lipinski definition) is 1. The molecule has 100 valence electrons. The maximum Gasteiger partial charge on any atom is 0.291 e. The number of amides is 1. The molecule has 0 saturated carbocycles. The number of allylic oxidation sites excluding steroid dienone is 1. The lowest BCUT2D eigenvalue weighted by Crippen LogP contribution is -2.18. The van der Waals surface area contributed by atoms with Crippen molar-refractivity contribution in [1.82, 2.24) is 15.4 Å². The molecular formula is C14H11BrN4O. The minimum atomic E-state index is -0.408. The zero-order valence-electron chi connectivity index (χ0n) is 10.4. The van der Waals surface area contributed by atoms with Crippen LogP contribution in [0.2, 0.25) is 0 Å². The molecule has 5 nitrogen and oxygen atoms in total. The summed E-state index contributed by atoms with van der Waals surface area (Å²) in [7, 11) is 0. The van der Waals surface area contributed by atoms with Crippen LogP contribution in [-0.2, 0) is 0 Å². The first kappa shape index (κ1) is 14.1. The molecule has 0 spiro atoms. The Kier molecular flexibility index (Phi) is 5.14. The van der Waals surface area contributed by atoms with Gasteiger partial charge in [0.1, 0.15) is 5.69 Å². The molecule has 0 aliphatic heterocycles. The summed E-state index contributed by atoms with van der Waals surface area (Å²) in [6, 6.07) is 9.76. The number of nitrogens with one attached hydrogen (secondary N) is 1. The van der Waals surface area contributed by atoms with Crippen LogP contribution in [0.1, 0.15) is 16.1 Å². The molecule has 1 heterocycles. The molecule has 0 aliphatic rings. The summed E-state index contributed by atoms with van der Waals surface area (Å²) in [6.07, 6.45) is 7.71. The summed E-state index contributed by atoms with van der Waals surface area (Å²) >= 11 is 3.35. The minimum Gasteiger partial charge on any atom is -0.265 e. The summed E-state index contributed by atoms with van der Waals surface area (Å²) in [6.45, 7) is 0. The van der Waals surface area contributed by atoms with Crippen molar-refractivity contribution in [2.24, 2.45) is 5.10 Å². The number of hydrogen-bond acceptors (Lipinski definition) is 4. The highest BCUT2D eigenvalue weighted by atomic mass is 79.9. The summed E-state index contributed by atoms with van der Waals surface area (Å²) in [5, 5.41) is 3.84. The fourth-order valence-electron chi connectivity index (χ4n) is 1.37. The third-order valence-corrected chi connectivity index (χ3v) is 2.69. The highest BCUT2D eigenvalue weighted by Gasteiger charge is 2.04. The van der Waals surface area contributed by atoms with E-state index in [1.54, 1.807) is 0 Å². The fraction of sp³-hybridized carbons (Fsp3) is 0. The van der Waals surface area contributed by atoms with Crippen LogP contribution in [0.15, 0.2) is 58.5 Å². The van der Waals surface area contributed by atoms with Crippen LogP contribution in [0.5, 0.6) is 0 Å². The number of benzene rings is 1. The number of nitrogens with zero attached hydrogens (tertiary/aromatic N) is 3. The standard InChI is InChI=1S/C14H11BrN4O/c15-12(8-11-4-2-1-3-5-11)9-18-19-14(20)13-10-16-6-7-17-13/h1-10H,(H,19,20)/b12-8-,18-9-. The van der Waals surface area contributed by atoms with Gasteiger partial charge in [-0.15, -0.1) is 0 Å². The molecule has 0 atom stereocenters. The smallest absolute Gasteiger partial charge is 0.265 e. The number of carbonyl (C=O) groups excluding carboxylic acids is 1. The summed E-state index contributed by atoms with van der Waals surface area (Å²) < 4.78 is 0.739. The number of aromatic nitrogens is 2. The molecule has 1 aromatic carbocycles. The number of carbonyl (C=O) groups is 1. The maximum absolute atomic E-state index is 11.6. The Balaban J connectivity index is 1.94. The van der Waals surface area contributed by atoms with Crippen molar-refractivity contribution in [2.45, 2.75) is 0 Å². The van der Waals surface area contributed by atoms with E-state index in [0.29, 0.717) is 0 Å². The lowest BCUT2D eigenvalue weighted by Gasteiger charge is -1.97. The maximum atomic E-state index is 11.6. The highest BCUT2D eigenvalue weighted by Crippen LogP contribution is 2.09. The van der Waals surface area contributed by atoms with E-state index in [1.807, 2.05) is 36.4 Å². The van der Waals surface area contributed by atoms with E-state index in [0.717, 1.165) is 10.0 Å². The van der Waals surface area contributed by atoms with Crippen molar-refractivity contribution in [3.05, 3.63) is 64.7 Å². The SMILES string of the molecule is O=C(N/N=C\C(Br)=C\c1ccccc1)c1cnccn1. The zero-order chi connectivity index (χ0) is 14.2. The lowest BCUT2D eigenvalue weighted by molar-refractivity contribution is 0.0950. The van der Waals surface area contributed by atoms with E-state index in [2.05, 4.69) is 36.4 Å². The van der Waals surface area contributed by atoms with E-state index >= 15 is 0 Å². The van der Waals surface area contributed by atoms with E-state index in [4.69, 9.17) is 0 Å². The molecule has 0 unspecified atom stereocenters. The van der Waals surface area contributed by atoms with Crippen LogP contribution in [0.4, 0.5) is 0 Å². The Labute approximate surface area is 124 Å². The normalized spacial score (nSPS) is 11.6. The molecule has 2 aromatic rings. The van der Waals surface area contributed by atoms with Gasteiger partial charge in [-0.05, 0) is 27.6 Å². The molecule has 1 N–H and O–H groups in total. The Morgan fingerprint density at radius 3 is 2.75 bits per heavy atom. The zero-order valence-corrected chi connectivity index (χ0v) is 12.0. The average Bonchev–Trinajstić information content (AvgIpc) is 2.49. The molecule has 0 aliphatic carbocycles. The lowest BCUT2D eigenvalue weighted by atomic mass is 10.2. The first-order valence-corrected chi connectivity index (χ1v) is 6.56. The van der Waals surface area contributed by atoms with Gasteiger partial charge >= 0.3 is 0 Å². The van der Waals surface area contributed by atoms with Crippen molar-refractivity contribution >= 4 is 34.1 Å². The van der Waals surface area contributed by atoms with E-state index < -0.39 is 5.91 Å². The van der Waals surface area contributed by atoms with Gasteiger partial charge in [0, 0.05) is 16.9 Å². The largest absolute Gasteiger partial charge is 0.291 e. The second-order valence-electron chi connectivity index (χ2n) is 3.73. The first-order chi connectivity index (χ1) is 9.75. The van der Waals surface area contributed by atoms with Crippen molar-refractivity contribution in [3.8, 4) is 0 Å². The molecule has 1 aromatic heterocycles.